The van der Waals surface area contributed by atoms with Crippen LogP contribution < -0.4 is 5.32 Å². The third-order valence-corrected chi connectivity index (χ3v) is 2.48. The standard InChI is InChI=1S/C11H12BrF2NO/c1-7(12)5-6-15-11(16)8-3-2-4-9(13)10(8)14/h2-4,7H,5-6H2,1H3,(H,15,16). The molecule has 16 heavy (non-hydrogen) atoms. The van der Waals surface area contributed by atoms with Crippen LogP contribution in [0.25, 0.3) is 0 Å². The van der Waals surface area contributed by atoms with Crippen molar-refractivity contribution in [3.8, 4) is 0 Å². The summed E-state index contributed by atoms with van der Waals surface area (Å²) in [6, 6.07) is 3.54. The molecule has 1 amide bonds. The summed E-state index contributed by atoms with van der Waals surface area (Å²) >= 11 is 3.32. The highest BCUT2D eigenvalue weighted by molar-refractivity contribution is 9.09. The molecular formula is C11H12BrF2NO. The number of hydrogen-bond donors (Lipinski definition) is 1. The van der Waals surface area contributed by atoms with E-state index < -0.39 is 17.5 Å². The van der Waals surface area contributed by atoms with Gasteiger partial charge in [-0.3, -0.25) is 4.79 Å². The maximum atomic E-state index is 13.2. The molecule has 0 spiro atoms. The van der Waals surface area contributed by atoms with E-state index in [4.69, 9.17) is 0 Å². The van der Waals surface area contributed by atoms with Crippen molar-refractivity contribution in [3.63, 3.8) is 0 Å². The lowest BCUT2D eigenvalue weighted by molar-refractivity contribution is 0.0948. The normalized spacial score (nSPS) is 12.2. The van der Waals surface area contributed by atoms with Gasteiger partial charge in [-0.2, -0.15) is 0 Å². The summed E-state index contributed by atoms with van der Waals surface area (Å²) in [5.74, 6) is -2.71. The van der Waals surface area contributed by atoms with Crippen molar-refractivity contribution >= 4 is 21.8 Å². The molecule has 1 unspecified atom stereocenters. The summed E-state index contributed by atoms with van der Waals surface area (Å²) in [5.41, 5.74) is -0.262. The first-order chi connectivity index (χ1) is 7.52. The molecule has 88 valence electrons. The average molecular weight is 292 g/mol. The molecular weight excluding hydrogens is 280 g/mol. The number of amides is 1. The molecule has 0 heterocycles. The fraction of sp³-hybridized carbons (Fsp3) is 0.364. The van der Waals surface area contributed by atoms with Crippen molar-refractivity contribution in [3.05, 3.63) is 35.4 Å². The number of nitrogens with one attached hydrogen (secondary N) is 1. The molecule has 0 aliphatic carbocycles. The maximum absolute atomic E-state index is 13.2. The predicted octanol–water partition coefficient (Wildman–Crippen LogP) is 2.87. The van der Waals surface area contributed by atoms with Gasteiger partial charge in [0.25, 0.3) is 5.91 Å². The molecule has 1 rings (SSSR count). The number of carbonyl (C=O) groups is 1. The first kappa shape index (κ1) is 13.1. The molecule has 0 fully saturated rings. The van der Waals surface area contributed by atoms with Gasteiger partial charge in [-0.05, 0) is 18.6 Å². The largest absolute Gasteiger partial charge is 0.352 e. The van der Waals surface area contributed by atoms with E-state index in [1.54, 1.807) is 0 Å². The van der Waals surface area contributed by atoms with E-state index >= 15 is 0 Å². The Balaban J connectivity index is 2.63. The topological polar surface area (TPSA) is 29.1 Å². The van der Waals surface area contributed by atoms with E-state index in [2.05, 4.69) is 21.2 Å². The minimum Gasteiger partial charge on any atom is -0.352 e. The Morgan fingerprint density at radius 1 is 1.50 bits per heavy atom. The maximum Gasteiger partial charge on any atom is 0.254 e. The highest BCUT2D eigenvalue weighted by atomic mass is 79.9. The Morgan fingerprint density at radius 3 is 2.81 bits per heavy atom. The summed E-state index contributed by atoms with van der Waals surface area (Å²) in [4.78, 5) is 11.7. The predicted molar refractivity (Wildman–Crippen MR) is 61.7 cm³/mol. The smallest absolute Gasteiger partial charge is 0.254 e. The fourth-order valence-corrected chi connectivity index (χ4v) is 1.39. The van der Waals surface area contributed by atoms with E-state index in [1.807, 2.05) is 6.92 Å². The lowest BCUT2D eigenvalue weighted by Gasteiger charge is -2.07. The molecule has 1 N–H and O–H groups in total. The van der Waals surface area contributed by atoms with Gasteiger partial charge in [0.15, 0.2) is 11.6 Å². The van der Waals surface area contributed by atoms with Crippen LogP contribution in [0, 0.1) is 11.6 Å². The molecule has 0 aliphatic heterocycles. The van der Waals surface area contributed by atoms with Crippen LogP contribution in [0.1, 0.15) is 23.7 Å². The molecule has 0 aliphatic rings. The fourth-order valence-electron chi connectivity index (χ4n) is 1.16. The van der Waals surface area contributed by atoms with Crippen molar-refractivity contribution < 1.29 is 13.6 Å². The summed E-state index contributed by atoms with van der Waals surface area (Å²) in [6.45, 7) is 2.36. The van der Waals surface area contributed by atoms with Crippen LogP contribution in [0.5, 0.6) is 0 Å². The van der Waals surface area contributed by atoms with E-state index in [0.29, 0.717) is 6.54 Å². The van der Waals surface area contributed by atoms with Gasteiger partial charge in [0.2, 0.25) is 0 Å². The molecule has 1 aromatic rings. The van der Waals surface area contributed by atoms with Gasteiger partial charge < -0.3 is 5.32 Å². The molecule has 0 saturated heterocycles. The van der Waals surface area contributed by atoms with Gasteiger partial charge in [0.1, 0.15) is 0 Å². The molecule has 0 radical (unpaired) electrons. The summed E-state index contributed by atoms with van der Waals surface area (Å²) in [6.07, 6.45) is 0.725. The quantitative estimate of drug-likeness (QED) is 0.849. The molecule has 1 atom stereocenters. The number of hydrogen-bond acceptors (Lipinski definition) is 1. The monoisotopic (exact) mass is 291 g/mol. The minimum atomic E-state index is -1.10. The van der Waals surface area contributed by atoms with Crippen molar-refractivity contribution in [1.29, 1.82) is 0 Å². The third-order valence-electron chi connectivity index (χ3n) is 2.02. The zero-order valence-electron chi connectivity index (χ0n) is 8.77. The highest BCUT2D eigenvalue weighted by Crippen LogP contribution is 2.11. The van der Waals surface area contributed by atoms with Gasteiger partial charge in [-0.15, -0.1) is 0 Å². The third kappa shape index (κ3) is 3.56. The second-order valence-electron chi connectivity index (χ2n) is 3.43. The van der Waals surface area contributed by atoms with Crippen LogP contribution >= 0.6 is 15.9 Å². The van der Waals surface area contributed by atoms with Gasteiger partial charge >= 0.3 is 0 Å². The number of halogens is 3. The van der Waals surface area contributed by atoms with Crippen LogP contribution in [0.15, 0.2) is 18.2 Å². The SMILES string of the molecule is CC(Br)CCNC(=O)c1cccc(F)c1F. The van der Waals surface area contributed by atoms with E-state index in [-0.39, 0.29) is 10.4 Å². The number of benzene rings is 1. The van der Waals surface area contributed by atoms with E-state index in [0.717, 1.165) is 12.5 Å². The first-order valence-electron chi connectivity index (χ1n) is 4.88. The highest BCUT2D eigenvalue weighted by Gasteiger charge is 2.14. The molecule has 0 aromatic heterocycles. The van der Waals surface area contributed by atoms with Crippen LogP contribution in [0.4, 0.5) is 8.78 Å². The molecule has 0 bridgehead atoms. The summed E-state index contributed by atoms with van der Waals surface area (Å²) in [5, 5.41) is 2.52. The number of carbonyl (C=O) groups excluding carboxylic acids is 1. The second-order valence-corrected chi connectivity index (χ2v) is 4.99. The Bertz CT molecular complexity index is 382. The lowest BCUT2D eigenvalue weighted by atomic mass is 10.2. The van der Waals surface area contributed by atoms with E-state index in [1.165, 1.54) is 12.1 Å². The number of alkyl halides is 1. The van der Waals surface area contributed by atoms with Crippen molar-refractivity contribution in [2.75, 3.05) is 6.54 Å². The minimum absolute atomic E-state index is 0.262. The molecule has 5 heteroatoms. The average Bonchev–Trinajstić information content (AvgIpc) is 2.21. The van der Waals surface area contributed by atoms with Crippen LogP contribution in [-0.2, 0) is 0 Å². The van der Waals surface area contributed by atoms with Crippen molar-refractivity contribution in [2.45, 2.75) is 18.2 Å². The van der Waals surface area contributed by atoms with E-state index in [9.17, 15) is 13.6 Å². The summed E-state index contributed by atoms with van der Waals surface area (Å²) in [7, 11) is 0. The van der Waals surface area contributed by atoms with Gasteiger partial charge in [0.05, 0.1) is 5.56 Å². The lowest BCUT2D eigenvalue weighted by Crippen LogP contribution is -2.26. The molecule has 2 nitrogen and oxygen atoms in total. The Hall–Kier alpha value is -0.970. The van der Waals surface area contributed by atoms with Crippen molar-refractivity contribution in [2.24, 2.45) is 0 Å². The zero-order valence-corrected chi connectivity index (χ0v) is 10.4. The van der Waals surface area contributed by atoms with Gasteiger partial charge in [-0.25, -0.2) is 8.78 Å². The van der Waals surface area contributed by atoms with Crippen LogP contribution in [0.3, 0.4) is 0 Å². The van der Waals surface area contributed by atoms with Crippen LogP contribution in [0.2, 0.25) is 0 Å². The molecule has 0 saturated carbocycles. The van der Waals surface area contributed by atoms with Crippen LogP contribution in [-0.4, -0.2) is 17.3 Å². The summed E-state index contributed by atoms with van der Waals surface area (Å²) < 4.78 is 26.0. The number of rotatable bonds is 4. The molecule has 1 aromatic carbocycles. The Labute approximate surface area is 101 Å². The second kappa shape index (κ2) is 5.94. The zero-order chi connectivity index (χ0) is 12.1. The van der Waals surface area contributed by atoms with Gasteiger partial charge in [-0.1, -0.05) is 28.9 Å². The first-order valence-corrected chi connectivity index (χ1v) is 5.80. The van der Waals surface area contributed by atoms with Crippen molar-refractivity contribution in [1.82, 2.24) is 5.32 Å². The Morgan fingerprint density at radius 2 is 2.19 bits per heavy atom. The van der Waals surface area contributed by atoms with Gasteiger partial charge in [0, 0.05) is 11.4 Å². The Kier molecular flexibility index (Phi) is 4.86.